The first-order chi connectivity index (χ1) is 10.6. The predicted molar refractivity (Wildman–Crippen MR) is 92.5 cm³/mol. The number of rotatable bonds is 7. The van der Waals surface area contributed by atoms with E-state index >= 15 is 0 Å². The average molecular weight is 316 g/mol. The molecule has 0 amide bonds. The summed E-state index contributed by atoms with van der Waals surface area (Å²) in [6.45, 7) is 1.37. The molecule has 2 rings (SSSR count). The summed E-state index contributed by atoms with van der Waals surface area (Å²) in [6.07, 6.45) is 3.87. The zero-order valence-corrected chi connectivity index (χ0v) is 13.6. The topological polar surface area (TPSA) is 45.1 Å². The molecule has 0 fully saturated rings. The second kappa shape index (κ2) is 8.36. The number of nitrogens with zero attached hydrogens (tertiary/aromatic N) is 2. The van der Waals surface area contributed by atoms with Crippen molar-refractivity contribution in [2.45, 2.75) is 0 Å². The highest BCUT2D eigenvalue weighted by atomic mass is 32.1. The summed E-state index contributed by atoms with van der Waals surface area (Å²) >= 11 is 1.62. The van der Waals surface area contributed by atoms with Gasteiger partial charge in [0.05, 0.1) is 0 Å². The Labute approximate surface area is 135 Å². The lowest BCUT2D eigenvalue weighted by Gasteiger charge is -2.07. The molecule has 0 aliphatic rings. The Morgan fingerprint density at radius 3 is 2.68 bits per heavy atom. The molecule has 0 radical (unpaired) electrons. The molecule has 0 unspecified atom stereocenters. The maximum Gasteiger partial charge on any atom is 0.129 e. The molecule has 0 aliphatic carbocycles. The molecular formula is C17H20N2O2S. The summed E-state index contributed by atoms with van der Waals surface area (Å²) in [4.78, 5) is 7.45. The largest absolute Gasteiger partial charge is 0.508 e. The molecule has 0 bridgehead atoms. The maximum absolute atomic E-state index is 9.30. The van der Waals surface area contributed by atoms with E-state index in [0.29, 0.717) is 6.61 Å². The van der Waals surface area contributed by atoms with E-state index in [1.807, 2.05) is 60.1 Å². The lowest BCUT2D eigenvalue weighted by molar-refractivity contribution is 0.126. The van der Waals surface area contributed by atoms with Crippen molar-refractivity contribution in [3.63, 3.8) is 0 Å². The number of likely N-dealkylation sites (N-methyl/N-ethyl adjacent to an activating group) is 1. The van der Waals surface area contributed by atoms with Crippen molar-refractivity contribution in [3.05, 3.63) is 58.3 Å². The fourth-order valence-corrected chi connectivity index (χ4v) is 2.34. The molecule has 0 aliphatic heterocycles. The summed E-state index contributed by atoms with van der Waals surface area (Å²) in [6, 6.07) is 9.04. The molecule has 4 nitrogen and oxygen atoms in total. The van der Waals surface area contributed by atoms with Crippen molar-refractivity contribution in [1.82, 2.24) is 4.90 Å². The van der Waals surface area contributed by atoms with E-state index in [9.17, 15) is 5.11 Å². The Balaban J connectivity index is 2.08. The fraction of sp³-hybridized carbons (Fsp3) is 0.235. The molecular weight excluding hydrogens is 296 g/mol. The van der Waals surface area contributed by atoms with Crippen molar-refractivity contribution in [3.8, 4) is 5.75 Å². The van der Waals surface area contributed by atoms with Gasteiger partial charge in [0.25, 0.3) is 0 Å². The van der Waals surface area contributed by atoms with Gasteiger partial charge < -0.3 is 14.8 Å². The number of phenols is 1. The van der Waals surface area contributed by atoms with Gasteiger partial charge in [0.1, 0.15) is 18.1 Å². The fourth-order valence-electron chi connectivity index (χ4n) is 1.69. The quantitative estimate of drug-likeness (QED) is 0.483. The van der Waals surface area contributed by atoms with Crippen LogP contribution in [0.25, 0.3) is 6.08 Å². The van der Waals surface area contributed by atoms with Crippen LogP contribution in [0, 0.1) is 0 Å². The lowest BCUT2D eigenvalue weighted by atomic mass is 10.1. The van der Waals surface area contributed by atoms with Crippen LogP contribution in [-0.4, -0.2) is 43.0 Å². The number of hydrogen-bond acceptors (Lipinski definition) is 5. The third-order valence-corrected chi connectivity index (χ3v) is 3.62. The van der Waals surface area contributed by atoms with Crippen LogP contribution in [0.3, 0.4) is 0 Å². The first-order valence-electron chi connectivity index (χ1n) is 6.99. The van der Waals surface area contributed by atoms with Gasteiger partial charge in [0.2, 0.25) is 0 Å². The molecule has 0 saturated carbocycles. The smallest absolute Gasteiger partial charge is 0.129 e. The molecule has 22 heavy (non-hydrogen) atoms. The zero-order chi connectivity index (χ0) is 15.8. The average Bonchev–Trinajstić information content (AvgIpc) is 3.02. The van der Waals surface area contributed by atoms with Crippen molar-refractivity contribution in [1.29, 1.82) is 0 Å². The van der Waals surface area contributed by atoms with Crippen molar-refractivity contribution in [2.24, 2.45) is 5.16 Å². The monoisotopic (exact) mass is 316 g/mol. The van der Waals surface area contributed by atoms with Gasteiger partial charge in [-0.15, -0.1) is 0 Å². The lowest BCUT2D eigenvalue weighted by Crippen LogP contribution is -2.17. The Morgan fingerprint density at radius 1 is 1.27 bits per heavy atom. The van der Waals surface area contributed by atoms with Gasteiger partial charge in [-0.05, 0) is 49.3 Å². The highest BCUT2D eigenvalue weighted by Crippen LogP contribution is 2.13. The SMILES string of the molecule is CN(C)CCON=C(C=Cc1ccc(O)cc1)c1ccsc1. The molecule has 1 heterocycles. The second-order valence-corrected chi connectivity index (χ2v) is 5.83. The van der Waals surface area contributed by atoms with E-state index in [4.69, 9.17) is 4.84 Å². The number of phenolic OH excluding ortho intramolecular Hbond substituents is 1. The first kappa shape index (κ1) is 16.3. The summed E-state index contributed by atoms with van der Waals surface area (Å²) < 4.78 is 0. The summed E-state index contributed by atoms with van der Waals surface area (Å²) in [5, 5.41) is 17.6. The van der Waals surface area contributed by atoms with Crippen LogP contribution in [0.2, 0.25) is 0 Å². The number of thiophene rings is 1. The van der Waals surface area contributed by atoms with Gasteiger partial charge in [-0.3, -0.25) is 0 Å². The number of oxime groups is 1. The Bertz CT molecular complexity index is 617. The van der Waals surface area contributed by atoms with Gasteiger partial charge in [-0.25, -0.2) is 0 Å². The van der Waals surface area contributed by atoms with Crippen molar-refractivity contribution >= 4 is 23.1 Å². The van der Waals surface area contributed by atoms with E-state index in [2.05, 4.69) is 5.16 Å². The van der Waals surface area contributed by atoms with Crippen LogP contribution in [0.1, 0.15) is 11.1 Å². The van der Waals surface area contributed by atoms with Gasteiger partial charge >= 0.3 is 0 Å². The number of allylic oxidation sites excluding steroid dienone is 1. The van der Waals surface area contributed by atoms with E-state index in [0.717, 1.165) is 23.4 Å². The van der Waals surface area contributed by atoms with Crippen LogP contribution in [0.5, 0.6) is 5.75 Å². The number of hydrogen-bond donors (Lipinski definition) is 1. The normalized spacial score (nSPS) is 12.2. The summed E-state index contributed by atoms with van der Waals surface area (Å²) in [7, 11) is 4.00. The first-order valence-corrected chi connectivity index (χ1v) is 7.94. The third kappa shape index (κ3) is 5.35. The minimum absolute atomic E-state index is 0.260. The number of aromatic hydroxyl groups is 1. The Kier molecular flexibility index (Phi) is 6.18. The van der Waals surface area contributed by atoms with Crippen LogP contribution < -0.4 is 0 Å². The van der Waals surface area contributed by atoms with E-state index < -0.39 is 0 Å². The van der Waals surface area contributed by atoms with Crippen LogP contribution in [0.15, 0.2) is 52.3 Å². The van der Waals surface area contributed by atoms with Crippen LogP contribution in [0.4, 0.5) is 0 Å². The third-order valence-electron chi connectivity index (χ3n) is 2.94. The summed E-state index contributed by atoms with van der Waals surface area (Å²) in [5.41, 5.74) is 2.81. The summed E-state index contributed by atoms with van der Waals surface area (Å²) in [5.74, 6) is 0.260. The van der Waals surface area contributed by atoms with Gasteiger partial charge in [-0.1, -0.05) is 23.4 Å². The minimum atomic E-state index is 0.260. The second-order valence-electron chi connectivity index (χ2n) is 5.05. The predicted octanol–water partition coefficient (Wildman–Crippen LogP) is 3.45. The molecule has 0 saturated heterocycles. The molecule has 5 heteroatoms. The molecule has 1 aromatic carbocycles. The standard InChI is InChI=1S/C17H20N2O2S/c1-19(2)10-11-21-18-17(15-9-12-22-13-15)8-5-14-3-6-16(20)7-4-14/h3-9,12-13,20H,10-11H2,1-2H3. The van der Waals surface area contributed by atoms with Gasteiger partial charge in [-0.2, -0.15) is 11.3 Å². The maximum atomic E-state index is 9.30. The van der Waals surface area contributed by atoms with Gasteiger partial charge in [0, 0.05) is 17.5 Å². The zero-order valence-electron chi connectivity index (χ0n) is 12.8. The minimum Gasteiger partial charge on any atom is -0.508 e. The van der Waals surface area contributed by atoms with Crippen LogP contribution >= 0.6 is 11.3 Å². The van der Waals surface area contributed by atoms with E-state index in [1.165, 1.54) is 0 Å². The molecule has 2 aromatic rings. The molecule has 0 atom stereocenters. The van der Waals surface area contributed by atoms with E-state index in [1.54, 1.807) is 23.5 Å². The molecule has 1 aromatic heterocycles. The van der Waals surface area contributed by atoms with Gasteiger partial charge in [0.15, 0.2) is 0 Å². The Hall–Kier alpha value is -2.11. The number of benzene rings is 1. The van der Waals surface area contributed by atoms with Crippen LogP contribution in [-0.2, 0) is 4.84 Å². The highest BCUT2D eigenvalue weighted by molar-refractivity contribution is 7.08. The van der Waals surface area contributed by atoms with Crippen molar-refractivity contribution < 1.29 is 9.94 Å². The Morgan fingerprint density at radius 2 is 2.05 bits per heavy atom. The van der Waals surface area contributed by atoms with Crippen molar-refractivity contribution in [2.75, 3.05) is 27.2 Å². The highest BCUT2D eigenvalue weighted by Gasteiger charge is 2.01. The molecule has 116 valence electrons. The van der Waals surface area contributed by atoms with E-state index in [-0.39, 0.29) is 5.75 Å². The molecule has 0 spiro atoms. The molecule has 1 N–H and O–H groups in total.